The molecule has 2 aromatic carbocycles. The minimum absolute atomic E-state index is 0.0764. The van der Waals surface area contributed by atoms with E-state index in [-0.39, 0.29) is 17.5 Å². The lowest BCUT2D eigenvalue weighted by Crippen LogP contribution is -2.25. The van der Waals surface area contributed by atoms with Gasteiger partial charge < -0.3 is 25.4 Å². The van der Waals surface area contributed by atoms with E-state index in [1.165, 1.54) is 12.1 Å². The van der Waals surface area contributed by atoms with Gasteiger partial charge in [0.2, 0.25) is 5.91 Å². The number of nitrogens with two attached hydrogens (primary N) is 1. The summed E-state index contributed by atoms with van der Waals surface area (Å²) in [5.41, 5.74) is 9.97. The van der Waals surface area contributed by atoms with Crippen molar-refractivity contribution in [3.63, 3.8) is 0 Å². The van der Waals surface area contributed by atoms with Crippen LogP contribution < -0.4 is 15.9 Å². The summed E-state index contributed by atoms with van der Waals surface area (Å²) in [5, 5.41) is 3.91. The van der Waals surface area contributed by atoms with Crippen LogP contribution in [0.15, 0.2) is 72.5 Å². The number of rotatable bonds is 7. The number of likely N-dealkylation sites (tertiary alicyclic amines) is 1. The van der Waals surface area contributed by atoms with Gasteiger partial charge in [-0.3, -0.25) is 9.59 Å². The number of ether oxygens (including phenoxy) is 1. The number of aldehydes is 1. The number of para-hydroxylation sites is 1. The average molecular weight is 496 g/mol. The number of amides is 1. The second-order valence-corrected chi connectivity index (χ2v) is 7.71. The van der Waals surface area contributed by atoms with Crippen LogP contribution in [0.5, 0.6) is 11.5 Å². The van der Waals surface area contributed by atoms with Crippen LogP contribution in [0.1, 0.15) is 28.9 Å². The molecule has 36 heavy (non-hydrogen) atoms. The van der Waals surface area contributed by atoms with Crippen molar-refractivity contribution in [3.8, 4) is 17.2 Å². The molecule has 0 atom stereocenters. The number of aromatic nitrogens is 1. The molecule has 3 aromatic rings. The SMILES string of the molecule is C=CC(=O)N1CCCC1.CN/N=C(/N)c1c(C=O)ccn1-c1ccc(Oc2c(F)cccc2F)cc1. The summed E-state index contributed by atoms with van der Waals surface area (Å²) in [5.74, 6) is -1.59. The van der Waals surface area contributed by atoms with Crippen LogP contribution >= 0.6 is 0 Å². The maximum absolute atomic E-state index is 13.7. The Bertz CT molecular complexity index is 1230. The zero-order valence-corrected chi connectivity index (χ0v) is 19.8. The molecule has 0 saturated carbocycles. The summed E-state index contributed by atoms with van der Waals surface area (Å²) in [6.45, 7) is 5.26. The van der Waals surface area contributed by atoms with Gasteiger partial charge in [0.05, 0.1) is 0 Å². The summed E-state index contributed by atoms with van der Waals surface area (Å²) in [6, 6.07) is 11.5. The van der Waals surface area contributed by atoms with Crippen molar-refractivity contribution in [2.75, 3.05) is 20.1 Å². The Morgan fingerprint density at radius 1 is 1.11 bits per heavy atom. The van der Waals surface area contributed by atoms with Crippen molar-refractivity contribution in [1.29, 1.82) is 0 Å². The predicted octanol–water partition coefficient (Wildman–Crippen LogP) is 3.99. The Hall–Kier alpha value is -4.47. The van der Waals surface area contributed by atoms with E-state index < -0.39 is 17.4 Å². The van der Waals surface area contributed by atoms with E-state index in [0.717, 1.165) is 38.1 Å². The van der Waals surface area contributed by atoms with Gasteiger partial charge >= 0.3 is 0 Å². The molecule has 1 aromatic heterocycles. The number of halogens is 2. The average Bonchev–Trinajstić information content (AvgIpc) is 3.57. The van der Waals surface area contributed by atoms with E-state index in [2.05, 4.69) is 17.1 Å². The quantitative estimate of drug-likeness (QED) is 0.170. The van der Waals surface area contributed by atoms with Gasteiger partial charge in [-0.2, -0.15) is 5.10 Å². The Morgan fingerprint density at radius 3 is 2.31 bits per heavy atom. The fraction of sp³-hybridized carbons (Fsp3) is 0.192. The van der Waals surface area contributed by atoms with E-state index in [1.807, 2.05) is 4.90 Å². The van der Waals surface area contributed by atoms with Gasteiger partial charge in [-0.15, -0.1) is 0 Å². The molecule has 2 heterocycles. The third-order valence-electron chi connectivity index (χ3n) is 5.37. The number of carbonyl (C=O) groups excluding carboxylic acids is 2. The standard InChI is InChI=1S/C19H16F2N4O2.C7H11NO/c1-23-24-19(22)17-12(11-26)9-10-25(17)13-5-7-14(8-6-13)27-18-15(20)3-2-4-16(18)21;1-2-7(9)8-5-3-4-6-8/h2-11,23H,1H3,(H2,22,24);2H,1,3-6H2. The van der Waals surface area contributed by atoms with Gasteiger partial charge in [-0.25, -0.2) is 8.78 Å². The second kappa shape index (κ2) is 12.3. The second-order valence-electron chi connectivity index (χ2n) is 7.71. The Kier molecular flexibility index (Phi) is 8.93. The third kappa shape index (κ3) is 6.15. The summed E-state index contributed by atoms with van der Waals surface area (Å²) in [4.78, 5) is 23.9. The number of nitrogens with zero attached hydrogens (tertiary/aromatic N) is 3. The van der Waals surface area contributed by atoms with Gasteiger partial charge in [-0.1, -0.05) is 12.6 Å². The Balaban J connectivity index is 0.000000338. The normalized spacial score (nSPS) is 13.0. The Morgan fingerprint density at radius 2 is 1.75 bits per heavy atom. The van der Waals surface area contributed by atoms with Gasteiger partial charge in [0.1, 0.15) is 11.4 Å². The molecule has 3 N–H and O–H groups in total. The predicted molar refractivity (Wildman–Crippen MR) is 133 cm³/mol. The van der Waals surface area contributed by atoms with Crippen LogP contribution in [0.4, 0.5) is 8.78 Å². The smallest absolute Gasteiger partial charge is 0.245 e. The minimum atomic E-state index is -0.793. The van der Waals surface area contributed by atoms with E-state index >= 15 is 0 Å². The molecule has 0 unspecified atom stereocenters. The lowest BCUT2D eigenvalue weighted by atomic mass is 10.2. The molecule has 4 rings (SSSR count). The lowest BCUT2D eigenvalue weighted by Gasteiger charge is -2.12. The summed E-state index contributed by atoms with van der Waals surface area (Å²) in [7, 11) is 1.59. The van der Waals surface area contributed by atoms with Gasteiger partial charge in [-0.05, 0) is 61.4 Å². The summed E-state index contributed by atoms with van der Waals surface area (Å²) >= 11 is 0. The maximum atomic E-state index is 13.7. The highest BCUT2D eigenvalue weighted by Gasteiger charge is 2.16. The van der Waals surface area contributed by atoms with Crippen LogP contribution in [-0.4, -0.2) is 47.6 Å². The summed E-state index contributed by atoms with van der Waals surface area (Å²) in [6.07, 6.45) is 6.04. The van der Waals surface area contributed by atoms with E-state index in [4.69, 9.17) is 10.5 Å². The molecule has 1 aliphatic heterocycles. The van der Waals surface area contributed by atoms with Gasteiger partial charge in [0.15, 0.2) is 29.5 Å². The third-order valence-corrected chi connectivity index (χ3v) is 5.37. The van der Waals surface area contributed by atoms with Crippen molar-refractivity contribution in [3.05, 3.63) is 90.3 Å². The molecule has 188 valence electrons. The van der Waals surface area contributed by atoms with Crippen molar-refractivity contribution >= 4 is 18.0 Å². The number of hydrazone groups is 1. The zero-order valence-electron chi connectivity index (χ0n) is 19.8. The highest BCUT2D eigenvalue weighted by molar-refractivity contribution is 6.03. The number of nitrogens with one attached hydrogen (secondary N) is 1. The molecule has 0 spiro atoms. The first-order valence-electron chi connectivity index (χ1n) is 11.2. The number of amidine groups is 1. The largest absolute Gasteiger partial charge is 0.451 e. The minimum Gasteiger partial charge on any atom is -0.451 e. The van der Waals surface area contributed by atoms with Crippen molar-refractivity contribution < 1.29 is 23.1 Å². The van der Waals surface area contributed by atoms with Gasteiger partial charge in [0, 0.05) is 37.6 Å². The maximum Gasteiger partial charge on any atom is 0.245 e. The Labute approximate surface area is 207 Å². The monoisotopic (exact) mass is 495 g/mol. The topological polar surface area (TPSA) is 102 Å². The fourth-order valence-corrected chi connectivity index (χ4v) is 3.64. The van der Waals surface area contributed by atoms with Crippen molar-refractivity contribution in [2.45, 2.75) is 12.8 Å². The van der Waals surface area contributed by atoms with E-state index in [0.29, 0.717) is 23.2 Å². The highest BCUT2D eigenvalue weighted by atomic mass is 19.1. The molecule has 0 bridgehead atoms. The number of benzene rings is 2. The molecule has 0 radical (unpaired) electrons. The first-order chi connectivity index (χ1) is 17.4. The molecule has 1 aliphatic rings. The number of carbonyl (C=O) groups is 2. The molecule has 1 amide bonds. The van der Waals surface area contributed by atoms with Crippen LogP contribution in [-0.2, 0) is 4.79 Å². The molecular weight excluding hydrogens is 468 g/mol. The number of hydrogen-bond donors (Lipinski definition) is 2. The zero-order chi connectivity index (χ0) is 26.1. The highest BCUT2D eigenvalue weighted by Crippen LogP contribution is 2.28. The first kappa shape index (κ1) is 26.1. The van der Waals surface area contributed by atoms with Crippen LogP contribution in [0.2, 0.25) is 0 Å². The van der Waals surface area contributed by atoms with Crippen molar-refractivity contribution in [2.24, 2.45) is 10.8 Å². The molecule has 1 saturated heterocycles. The van der Waals surface area contributed by atoms with Crippen LogP contribution in [0.3, 0.4) is 0 Å². The van der Waals surface area contributed by atoms with Crippen molar-refractivity contribution in [1.82, 2.24) is 14.9 Å². The first-order valence-corrected chi connectivity index (χ1v) is 11.2. The molecule has 1 fully saturated rings. The van der Waals surface area contributed by atoms with Crippen LogP contribution in [0.25, 0.3) is 5.69 Å². The molecule has 10 heteroatoms. The van der Waals surface area contributed by atoms with E-state index in [9.17, 15) is 18.4 Å². The number of hydrogen-bond acceptors (Lipinski definition) is 5. The molecule has 0 aliphatic carbocycles. The summed E-state index contributed by atoms with van der Waals surface area (Å²) < 4.78 is 34.4. The molecular formula is C26H27F2N5O3. The lowest BCUT2D eigenvalue weighted by molar-refractivity contribution is -0.124. The fourth-order valence-electron chi connectivity index (χ4n) is 3.64. The van der Waals surface area contributed by atoms with Gasteiger partial charge in [0.25, 0.3) is 0 Å². The van der Waals surface area contributed by atoms with Crippen LogP contribution in [0, 0.1) is 11.6 Å². The molecule has 8 nitrogen and oxygen atoms in total. The van der Waals surface area contributed by atoms with E-state index in [1.54, 1.807) is 48.1 Å².